The average Bonchev–Trinajstić information content (AvgIpc) is 2.72. The molecule has 2 saturated heterocycles. The first-order chi connectivity index (χ1) is 12.8. The van der Waals surface area contributed by atoms with Crippen molar-refractivity contribution in [3.63, 3.8) is 0 Å². The van der Waals surface area contributed by atoms with Gasteiger partial charge in [-0.15, -0.1) is 0 Å². The summed E-state index contributed by atoms with van der Waals surface area (Å²) < 4.78 is 0. The highest BCUT2D eigenvalue weighted by Crippen LogP contribution is 2.17. The lowest BCUT2D eigenvalue weighted by Crippen LogP contribution is -2.53. The number of hydrogen-bond acceptors (Lipinski definition) is 4. The van der Waals surface area contributed by atoms with Crippen LogP contribution in [0.25, 0.3) is 0 Å². The standard InChI is InChI=1S/C20H34N6/c1-3-21-20(23-17-18-9-6-8-12-24(18)4-2)26-15-13-25(14-16-26)19-10-5-7-11-22-19/h5,7,10-11,18H,3-4,6,8-9,12-17H2,1-2H3,(H,21,23). The number of aliphatic imine (C=N–C) groups is 1. The van der Waals surface area contributed by atoms with E-state index in [9.17, 15) is 0 Å². The zero-order chi connectivity index (χ0) is 18.2. The van der Waals surface area contributed by atoms with Gasteiger partial charge in [-0.3, -0.25) is 9.89 Å². The van der Waals surface area contributed by atoms with Gasteiger partial charge >= 0.3 is 0 Å². The number of pyridine rings is 1. The molecule has 1 unspecified atom stereocenters. The second-order valence-electron chi connectivity index (χ2n) is 7.13. The molecule has 3 rings (SSSR count). The zero-order valence-corrected chi connectivity index (χ0v) is 16.4. The number of likely N-dealkylation sites (N-methyl/N-ethyl adjacent to an activating group) is 1. The maximum atomic E-state index is 5.01. The summed E-state index contributed by atoms with van der Waals surface area (Å²) in [5.74, 6) is 2.16. The lowest BCUT2D eigenvalue weighted by molar-refractivity contribution is 0.161. The minimum Gasteiger partial charge on any atom is -0.357 e. The fourth-order valence-corrected chi connectivity index (χ4v) is 3.99. The van der Waals surface area contributed by atoms with E-state index in [1.54, 1.807) is 0 Å². The first-order valence-corrected chi connectivity index (χ1v) is 10.2. The van der Waals surface area contributed by atoms with Crippen LogP contribution in [0.2, 0.25) is 0 Å². The molecule has 1 aromatic rings. The molecule has 0 aromatic carbocycles. The van der Waals surface area contributed by atoms with Gasteiger partial charge in [0.2, 0.25) is 0 Å². The van der Waals surface area contributed by atoms with E-state index < -0.39 is 0 Å². The van der Waals surface area contributed by atoms with Crippen molar-refractivity contribution in [2.24, 2.45) is 4.99 Å². The van der Waals surface area contributed by atoms with Crippen LogP contribution in [0, 0.1) is 0 Å². The fraction of sp³-hybridized carbons (Fsp3) is 0.700. The van der Waals surface area contributed by atoms with E-state index in [0.717, 1.165) is 57.6 Å². The Bertz CT molecular complexity index is 553. The predicted molar refractivity (Wildman–Crippen MR) is 109 cm³/mol. The summed E-state index contributed by atoms with van der Waals surface area (Å²) in [6.45, 7) is 12.6. The minimum atomic E-state index is 0.609. The normalized spacial score (nSPS) is 22.5. The van der Waals surface area contributed by atoms with Gasteiger partial charge in [0.15, 0.2) is 5.96 Å². The van der Waals surface area contributed by atoms with Gasteiger partial charge in [-0.1, -0.05) is 19.4 Å². The Morgan fingerprint density at radius 3 is 2.69 bits per heavy atom. The number of nitrogens with one attached hydrogen (secondary N) is 1. The summed E-state index contributed by atoms with van der Waals surface area (Å²) in [6.07, 6.45) is 5.83. The summed E-state index contributed by atoms with van der Waals surface area (Å²) in [6, 6.07) is 6.74. The Labute approximate surface area is 158 Å². The Morgan fingerprint density at radius 1 is 1.15 bits per heavy atom. The highest BCUT2D eigenvalue weighted by Gasteiger charge is 2.23. The van der Waals surface area contributed by atoms with Gasteiger partial charge < -0.3 is 15.1 Å². The number of piperidine rings is 1. The van der Waals surface area contributed by atoms with E-state index in [2.05, 4.69) is 51.0 Å². The molecule has 0 spiro atoms. The first-order valence-electron chi connectivity index (χ1n) is 10.2. The Morgan fingerprint density at radius 2 is 2.00 bits per heavy atom. The molecule has 6 heteroatoms. The quantitative estimate of drug-likeness (QED) is 0.645. The second kappa shape index (κ2) is 9.76. The molecule has 144 valence electrons. The van der Waals surface area contributed by atoms with E-state index in [4.69, 9.17) is 4.99 Å². The number of guanidine groups is 1. The van der Waals surface area contributed by atoms with Crippen molar-refractivity contribution < 1.29 is 0 Å². The third kappa shape index (κ3) is 4.87. The van der Waals surface area contributed by atoms with Crippen molar-refractivity contribution >= 4 is 11.8 Å². The van der Waals surface area contributed by atoms with Gasteiger partial charge in [0.05, 0.1) is 6.54 Å². The highest BCUT2D eigenvalue weighted by molar-refractivity contribution is 5.80. The molecule has 2 aliphatic rings. The molecule has 2 aliphatic heterocycles. The SMILES string of the molecule is CCNC(=NCC1CCCCN1CC)N1CCN(c2ccccn2)CC1. The van der Waals surface area contributed by atoms with Crippen molar-refractivity contribution in [3.05, 3.63) is 24.4 Å². The van der Waals surface area contributed by atoms with E-state index in [-0.39, 0.29) is 0 Å². The number of aromatic nitrogens is 1. The Hall–Kier alpha value is -1.82. The topological polar surface area (TPSA) is 47.0 Å². The van der Waals surface area contributed by atoms with Crippen LogP contribution in [-0.2, 0) is 0 Å². The lowest BCUT2D eigenvalue weighted by Gasteiger charge is -2.38. The summed E-state index contributed by atoms with van der Waals surface area (Å²) >= 11 is 0. The smallest absolute Gasteiger partial charge is 0.194 e. The largest absolute Gasteiger partial charge is 0.357 e. The zero-order valence-electron chi connectivity index (χ0n) is 16.4. The van der Waals surface area contributed by atoms with Gasteiger partial charge in [-0.25, -0.2) is 4.98 Å². The van der Waals surface area contributed by atoms with Crippen LogP contribution in [-0.4, -0.2) is 79.1 Å². The molecule has 0 radical (unpaired) electrons. The van der Waals surface area contributed by atoms with E-state index in [1.807, 2.05) is 12.3 Å². The van der Waals surface area contributed by atoms with Crippen LogP contribution in [0.4, 0.5) is 5.82 Å². The van der Waals surface area contributed by atoms with Crippen LogP contribution in [0.1, 0.15) is 33.1 Å². The third-order valence-electron chi connectivity index (χ3n) is 5.49. The summed E-state index contributed by atoms with van der Waals surface area (Å²) in [7, 11) is 0. The molecule has 26 heavy (non-hydrogen) atoms. The van der Waals surface area contributed by atoms with Crippen molar-refractivity contribution in [3.8, 4) is 0 Å². The minimum absolute atomic E-state index is 0.609. The maximum absolute atomic E-state index is 5.01. The highest BCUT2D eigenvalue weighted by atomic mass is 15.4. The predicted octanol–water partition coefficient (Wildman–Crippen LogP) is 2.04. The van der Waals surface area contributed by atoms with Crippen LogP contribution in [0.15, 0.2) is 29.4 Å². The van der Waals surface area contributed by atoms with Crippen LogP contribution in [0.3, 0.4) is 0 Å². The summed E-state index contributed by atoms with van der Waals surface area (Å²) in [5.41, 5.74) is 0. The molecular weight excluding hydrogens is 324 g/mol. The molecular formula is C20H34N6. The van der Waals surface area contributed by atoms with Crippen molar-refractivity contribution in [2.45, 2.75) is 39.2 Å². The van der Waals surface area contributed by atoms with Crippen LogP contribution in [0.5, 0.6) is 0 Å². The molecule has 1 atom stereocenters. The Kier molecular flexibility index (Phi) is 7.12. The molecule has 0 amide bonds. The van der Waals surface area contributed by atoms with Crippen molar-refractivity contribution in [1.29, 1.82) is 0 Å². The van der Waals surface area contributed by atoms with Crippen LogP contribution < -0.4 is 10.2 Å². The average molecular weight is 359 g/mol. The maximum Gasteiger partial charge on any atom is 0.194 e. The monoisotopic (exact) mass is 358 g/mol. The number of anilines is 1. The molecule has 2 fully saturated rings. The van der Waals surface area contributed by atoms with Gasteiger partial charge in [0, 0.05) is 45.0 Å². The molecule has 1 aromatic heterocycles. The summed E-state index contributed by atoms with van der Waals surface area (Å²) in [4.78, 5) is 16.9. The van der Waals surface area contributed by atoms with Gasteiger partial charge in [-0.2, -0.15) is 0 Å². The van der Waals surface area contributed by atoms with Crippen molar-refractivity contribution in [1.82, 2.24) is 20.1 Å². The number of piperazine rings is 1. The third-order valence-corrected chi connectivity index (χ3v) is 5.49. The van der Waals surface area contributed by atoms with Crippen molar-refractivity contribution in [2.75, 3.05) is 57.3 Å². The van der Waals surface area contributed by atoms with E-state index in [1.165, 1.54) is 25.8 Å². The molecule has 6 nitrogen and oxygen atoms in total. The lowest BCUT2D eigenvalue weighted by atomic mass is 10.0. The summed E-state index contributed by atoms with van der Waals surface area (Å²) in [5, 5.41) is 3.50. The van der Waals surface area contributed by atoms with Crippen LogP contribution >= 0.6 is 0 Å². The van der Waals surface area contributed by atoms with Gasteiger partial charge in [0.25, 0.3) is 0 Å². The fourth-order valence-electron chi connectivity index (χ4n) is 3.99. The molecule has 0 saturated carbocycles. The molecule has 0 aliphatic carbocycles. The van der Waals surface area contributed by atoms with E-state index in [0.29, 0.717) is 6.04 Å². The molecule has 1 N–H and O–H groups in total. The van der Waals surface area contributed by atoms with Gasteiger partial charge in [-0.05, 0) is 45.0 Å². The first kappa shape index (κ1) is 19.0. The van der Waals surface area contributed by atoms with Gasteiger partial charge in [0.1, 0.15) is 5.82 Å². The number of nitrogens with zero attached hydrogens (tertiary/aromatic N) is 5. The molecule has 3 heterocycles. The number of rotatable bonds is 5. The Balaban J connectivity index is 1.57. The number of hydrogen-bond donors (Lipinski definition) is 1. The number of likely N-dealkylation sites (tertiary alicyclic amines) is 1. The second-order valence-corrected chi connectivity index (χ2v) is 7.13. The van der Waals surface area contributed by atoms with E-state index >= 15 is 0 Å². The molecule has 0 bridgehead atoms.